The monoisotopic (exact) mass is 335 g/mol. The molecule has 0 bridgehead atoms. The highest BCUT2D eigenvalue weighted by Crippen LogP contribution is 2.24. The maximum Gasteiger partial charge on any atom is 0.325 e. The van der Waals surface area contributed by atoms with Gasteiger partial charge in [-0.2, -0.15) is 16.1 Å². The van der Waals surface area contributed by atoms with Crippen molar-refractivity contribution in [1.82, 2.24) is 14.3 Å². The Morgan fingerprint density at radius 2 is 2.19 bits per heavy atom. The van der Waals surface area contributed by atoms with Crippen LogP contribution < -0.4 is 11.2 Å². The molecule has 21 heavy (non-hydrogen) atoms. The third kappa shape index (κ3) is 3.36. The minimum Gasteiger partial charge on any atom is -0.481 e. The highest BCUT2D eigenvalue weighted by molar-refractivity contribution is 7.99. The summed E-state index contributed by atoms with van der Waals surface area (Å²) in [6.07, 6.45) is 0.490. The number of H-pyrrole nitrogens is 2. The molecule has 1 aromatic rings. The van der Waals surface area contributed by atoms with E-state index in [0.29, 0.717) is 11.5 Å². The van der Waals surface area contributed by atoms with Crippen LogP contribution in [0.3, 0.4) is 0 Å². The molecule has 0 amide bonds. The number of carbonyl (C=O) groups is 1. The molecule has 0 spiro atoms. The van der Waals surface area contributed by atoms with Crippen LogP contribution in [0.25, 0.3) is 0 Å². The highest BCUT2D eigenvalue weighted by atomic mass is 32.2. The number of hydrogen-bond acceptors (Lipinski definition) is 6. The molecule has 1 fully saturated rings. The quantitative estimate of drug-likeness (QED) is 0.617. The van der Waals surface area contributed by atoms with Gasteiger partial charge in [0.25, 0.3) is 5.56 Å². The Balaban J connectivity index is 2.42. The summed E-state index contributed by atoms with van der Waals surface area (Å²) in [6, 6.07) is -0.724. The van der Waals surface area contributed by atoms with Gasteiger partial charge in [0.1, 0.15) is 0 Å². The van der Waals surface area contributed by atoms with Crippen LogP contribution in [0.5, 0.6) is 0 Å². The Hall–Kier alpha value is -1.59. The summed E-state index contributed by atoms with van der Waals surface area (Å²) in [5.41, 5.74) is -1.83. The molecule has 0 aliphatic carbocycles. The molecular weight excluding hydrogens is 322 g/mol. The van der Waals surface area contributed by atoms with Gasteiger partial charge in [-0.05, 0) is 0 Å². The topological polar surface area (TPSA) is 140 Å². The molecule has 0 aromatic carbocycles. The van der Waals surface area contributed by atoms with Gasteiger partial charge >= 0.3 is 11.7 Å². The molecule has 1 unspecified atom stereocenters. The summed E-state index contributed by atoms with van der Waals surface area (Å²) < 4.78 is 26.0. The molecule has 2 heterocycles. The molecule has 3 N–H and O–H groups in total. The summed E-state index contributed by atoms with van der Waals surface area (Å²) in [4.78, 5) is 36.8. The first-order chi connectivity index (χ1) is 9.82. The smallest absolute Gasteiger partial charge is 0.325 e. The van der Waals surface area contributed by atoms with Crippen LogP contribution in [0.2, 0.25) is 0 Å². The molecule has 116 valence electrons. The van der Waals surface area contributed by atoms with Crippen molar-refractivity contribution < 1.29 is 18.3 Å². The van der Waals surface area contributed by atoms with Crippen LogP contribution in [0.4, 0.5) is 0 Å². The van der Waals surface area contributed by atoms with Crippen molar-refractivity contribution in [3.05, 3.63) is 27.0 Å². The summed E-state index contributed by atoms with van der Waals surface area (Å²) in [5.74, 6) is -0.262. The van der Waals surface area contributed by atoms with Crippen LogP contribution in [-0.4, -0.2) is 57.9 Å². The normalized spacial score (nSPS) is 20.3. The van der Waals surface area contributed by atoms with E-state index in [-0.39, 0.29) is 13.0 Å². The zero-order chi connectivity index (χ0) is 15.6. The van der Waals surface area contributed by atoms with Crippen molar-refractivity contribution in [2.24, 2.45) is 0 Å². The largest absolute Gasteiger partial charge is 0.481 e. The summed E-state index contributed by atoms with van der Waals surface area (Å²) in [7, 11) is -4.16. The predicted molar refractivity (Wildman–Crippen MR) is 74.9 cm³/mol. The molecule has 11 heteroatoms. The van der Waals surface area contributed by atoms with Crippen LogP contribution in [0.15, 0.2) is 20.7 Å². The van der Waals surface area contributed by atoms with Crippen LogP contribution in [0.1, 0.15) is 6.42 Å². The van der Waals surface area contributed by atoms with E-state index in [1.807, 2.05) is 4.98 Å². The minimum atomic E-state index is -4.16. The maximum atomic E-state index is 12.5. The number of nitrogens with zero attached hydrogens (tertiary/aromatic N) is 1. The van der Waals surface area contributed by atoms with E-state index in [4.69, 9.17) is 5.11 Å². The lowest BCUT2D eigenvalue weighted by molar-refractivity contribution is -0.137. The number of nitrogens with one attached hydrogen (secondary N) is 2. The van der Waals surface area contributed by atoms with Crippen molar-refractivity contribution in [3.8, 4) is 0 Å². The van der Waals surface area contributed by atoms with Gasteiger partial charge in [0.05, 0.1) is 6.42 Å². The second kappa shape index (κ2) is 6.03. The zero-order valence-electron chi connectivity index (χ0n) is 10.7. The highest BCUT2D eigenvalue weighted by Gasteiger charge is 2.36. The van der Waals surface area contributed by atoms with Crippen molar-refractivity contribution in [3.63, 3.8) is 0 Å². The number of rotatable bonds is 4. The number of aromatic nitrogens is 2. The first-order valence-electron chi connectivity index (χ1n) is 5.96. The maximum absolute atomic E-state index is 12.5. The van der Waals surface area contributed by atoms with E-state index < -0.39 is 38.2 Å². The third-order valence-corrected chi connectivity index (χ3v) is 6.00. The van der Waals surface area contributed by atoms with Crippen molar-refractivity contribution in [2.75, 3.05) is 18.1 Å². The molecule has 0 saturated carbocycles. The number of aromatic amines is 2. The Morgan fingerprint density at radius 1 is 1.48 bits per heavy atom. The standard InChI is InChI=1S/C10H13N3O6S2/c14-8(15)3-6-5-20-2-1-13(6)21(18,19)7-4-11-10(17)12-9(7)16/h4,6H,1-3,5H2,(H,14,15)(H2,11,12,16,17). The number of hydrogen-bond donors (Lipinski definition) is 3. The fourth-order valence-corrected chi connectivity index (χ4v) is 4.93. The van der Waals surface area contributed by atoms with E-state index in [1.165, 1.54) is 11.8 Å². The van der Waals surface area contributed by atoms with Gasteiger partial charge in [-0.1, -0.05) is 0 Å². The predicted octanol–water partition coefficient (Wildman–Crippen LogP) is -1.36. The molecule has 9 nitrogen and oxygen atoms in total. The van der Waals surface area contributed by atoms with Gasteiger partial charge in [0.15, 0.2) is 4.90 Å². The van der Waals surface area contributed by atoms with Gasteiger partial charge in [-0.25, -0.2) is 13.2 Å². The number of carboxylic acids is 1. The second-order valence-corrected chi connectivity index (χ2v) is 7.39. The fourth-order valence-electron chi connectivity index (χ4n) is 2.03. The van der Waals surface area contributed by atoms with Crippen molar-refractivity contribution in [1.29, 1.82) is 0 Å². The zero-order valence-corrected chi connectivity index (χ0v) is 12.4. The van der Waals surface area contributed by atoms with Crippen molar-refractivity contribution >= 4 is 27.8 Å². The lowest BCUT2D eigenvalue weighted by Gasteiger charge is -2.33. The molecule has 1 aliphatic heterocycles. The molecule has 1 aromatic heterocycles. The van der Waals surface area contributed by atoms with Gasteiger partial charge in [-0.15, -0.1) is 0 Å². The number of sulfonamides is 1. The SMILES string of the molecule is O=C(O)CC1CSCCN1S(=O)(=O)c1c[nH]c(=O)[nH]c1=O. The van der Waals surface area contributed by atoms with Crippen LogP contribution >= 0.6 is 11.8 Å². The van der Waals surface area contributed by atoms with E-state index in [1.54, 1.807) is 0 Å². The first-order valence-corrected chi connectivity index (χ1v) is 8.55. The fraction of sp³-hybridized carbons (Fsp3) is 0.500. The van der Waals surface area contributed by atoms with Gasteiger partial charge < -0.3 is 10.1 Å². The second-order valence-electron chi connectivity index (χ2n) is 4.38. The summed E-state index contributed by atoms with van der Waals surface area (Å²) >= 11 is 1.45. The lowest BCUT2D eigenvalue weighted by atomic mass is 10.2. The minimum absolute atomic E-state index is 0.115. The molecule has 1 aliphatic rings. The van der Waals surface area contributed by atoms with E-state index in [9.17, 15) is 22.8 Å². The molecular formula is C10H13N3O6S2. The van der Waals surface area contributed by atoms with E-state index in [0.717, 1.165) is 10.5 Å². The first kappa shape index (κ1) is 15.8. The average molecular weight is 335 g/mol. The Bertz CT molecular complexity index is 753. The van der Waals surface area contributed by atoms with E-state index >= 15 is 0 Å². The average Bonchev–Trinajstić information content (AvgIpc) is 2.37. The third-order valence-electron chi connectivity index (χ3n) is 2.96. The number of thioether (sulfide) groups is 1. The lowest BCUT2D eigenvalue weighted by Crippen LogP contribution is -2.48. The molecule has 1 saturated heterocycles. The Labute approximate surface area is 123 Å². The number of carboxylic acid groups (broad SMARTS) is 1. The van der Waals surface area contributed by atoms with Gasteiger partial charge in [0.2, 0.25) is 10.0 Å². The summed E-state index contributed by atoms with van der Waals surface area (Å²) in [5, 5.41) is 8.86. The Kier molecular flexibility index (Phi) is 4.54. The molecule has 0 radical (unpaired) electrons. The summed E-state index contributed by atoms with van der Waals surface area (Å²) in [6.45, 7) is 0.115. The number of aliphatic carboxylic acids is 1. The molecule has 1 atom stereocenters. The van der Waals surface area contributed by atoms with Crippen molar-refractivity contribution in [2.45, 2.75) is 17.4 Å². The van der Waals surface area contributed by atoms with Gasteiger partial charge in [-0.3, -0.25) is 14.6 Å². The van der Waals surface area contributed by atoms with Crippen LogP contribution in [0, 0.1) is 0 Å². The van der Waals surface area contributed by atoms with Gasteiger partial charge in [0, 0.05) is 30.3 Å². The Morgan fingerprint density at radius 3 is 2.81 bits per heavy atom. The van der Waals surface area contributed by atoms with E-state index in [2.05, 4.69) is 4.98 Å². The molecule has 2 rings (SSSR count). The van der Waals surface area contributed by atoms with Crippen LogP contribution in [-0.2, 0) is 14.8 Å².